The number of rotatable bonds is 1. The van der Waals surface area contributed by atoms with Crippen LogP contribution in [0.4, 0.5) is 4.79 Å². The molecule has 2 saturated heterocycles. The first-order chi connectivity index (χ1) is 10.3. The monoisotopic (exact) mass is 310 g/mol. The highest BCUT2D eigenvalue weighted by Gasteiger charge is 2.63. The molecule has 0 spiro atoms. The summed E-state index contributed by atoms with van der Waals surface area (Å²) in [6, 6.07) is 0. The molecule has 0 bridgehead atoms. The van der Waals surface area contributed by atoms with Gasteiger partial charge in [-0.25, -0.2) is 4.79 Å². The first-order valence-electron chi connectivity index (χ1n) is 8.04. The summed E-state index contributed by atoms with van der Waals surface area (Å²) in [5.41, 5.74) is -0.858. The lowest BCUT2D eigenvalue weighted by molar-refractivity contribution is -0.153. The molecule has 0 radical (unpaired) electrons. The van der Waals surface area contributed by atoms with Crippen molar-refractivity contribution in [3.8, 4) is 0 Å². The second-order valence-corrected chi connectivity index (χ2v) is 7.90. The Morgan fingerprint density at radius 1 is 1.27 bits per heavy atom. The molecule has 2 heterocycles. The van der Waals surface area contributed by atoms with E-state index >= 15 is 0 Å². The second kappa shape index (κ2) is 5.11. The number of nitrogens with zero attached hydrogens (tertiary/aromatic N) is 1. The molecule has 1 N–H and O–H groups in total. The summed E-state index contributed by atoms with van der Waals surface area (Å²) in [5, 5.41) is 3.34. The summed E-state index contributed by atoms with van der Waals surface area (Å²) >= 11 is 0. The van der Waals surface area contributed by atoms with E-state index in [1.165, 1.54) is 7.11 Å². The van der Waals surface area contributed by atoms with Crippen molar-refractivity contribution in [2.24, 2.45) is 23.2 Å². The van der Waals surface area contributed by atoms with E-state index in [0.29, 0.717) is 31.5 Å². The van der Waals surface area contributed by atoms with Crippen LogP contribution in [0.3, 0.4) is 0 Å². The molecular formula is C16H26N2O4. The minimum Gasteiger partial charge on any atom is -0.469 e. The van der Waals surface area contributed by atoms with Gasteiger partial charge >= 0.3 is 12.1 Å². The number of likely N-dealkylation sites (tertiary alicyclic amines) is 1. The van der Waals surface area contributed by atoms with Gasteiger partial charge in [0.2, 0.25) is 0 Å². The topological polar surface area (TPSA) is 67.9 Å². The quantitative estimate of drug-likeness (QED) is 0.738. The zero-order valence-electron chi connectivity index (χ0n) is 13.8. The van der Waals surface area contributed by atoms with Gasteiger partial charge in [-0.1, -0.05) is 0 Å². The number of hydrogen-bond donors (Lipinski definition) is 1. The Balaban J connectivity index is 1.71. The molecule has 0 unspecified atom stereocenters. The SMILES string of the molecule is COC(=O)[C@@]12CNC[C@@H]1[C@H]1CN(C(=O)OC(C)(C)C)C[C@H]1C2. The van der Waals surface area contributed by atoms with Crippen molar-refractivity contribution in [2.45, 2.75) is 32.8 Å². The highest BCUT2D eigenvalue weighted by atomic mass is 16.6. The summed E-state index contributed by atoms with van der Waals surface area (Å²) in [4.78, 5) is 26.3. The number of amides is 1. The second-order valence-electron chi connectivity index (χ2n) is 7.90. The Kier molecular flexibility index (Phi) is 3.62. The van der Waals surface area contributed by atoms with Gasteiger partial charge in [-0.3, -0.25) is 4.79 Å². The Labute approximate surface area is 131 Å². The molecule has 1 aliphatic carbocycles. The van der Waals surface area contributed by atoms with Gasteiger partial charge in [0.25, 0.3) is 0 Å². The Bertz CT molecular complexity index is 487. The fraction of sp³-hybridized carbons (Fsp3) is 0.875. The van der Waals surface area contributed by atoms with Crippen LogP contribution in [0.15, 0.2) is 0 Å². The van der Waals surface area contributed by atoms with Gasteiger partial charge < -0.3 is 19.7 Å². The smallest absolute Gasteiger partial charge is 0.410 e. The number of ether oxygens (including phenoxy) is 2. The predicted octanol–water partition coefficient (Wildman–Crippen LogP) is 1.25. The number of nitrogens with one attached hydrogen (secondary N) is 1. The lowest BCUT2D eigenvalue weighted by atomic mass is 9.78. The van der Waals surface area contributed by atoms with Gasteiger partial charge in [-0.15, -0.1) is 0 Å². The summed E-state index contributed by atoms with van der Waals surface area (Å²) in [6.45, 7) is 8.54. The maximum atomic E-state index is 12.3. The molecule has 3 fully saturated rings. The number of carbonyl (C=O) groups is 2. The van der Waals surface area contributed by atoms with E-state index < -0.39 is 5.60 Å². The Morgan fingerprint density at radius 2 is 2.00 bits per heavy atom. The molecule has 0 aromatic rings. The van der Waals surface area contributed by atoms with Crippen LogP contribution in [0.2, 0.25) is 0 Å². The van der Waals surface area contributed by atoms with Crippen molar-refractivity contribution in [1.82, 2.24) is 10.2 Å². The number of esters is 1. The molecular weight excluding hydrogens is 284 g/mol. The van der Waals surface area contributed by atoms with Crippen LogP contribution in [-0.2, 0) is 14.3 Å². The minimum atomic E-state index is -0.473. The van der Waals surface area contributed by atoms with Gasteiger partial charge in [0.1, 0.15) is 5.60 Å². The molecule has 2 aliphatic heterocycles. The fourth-order valence-corrected chi connectivity index (χ4v) is 4.58. The van der Waals surface area contributed by atoms with Crippen molar-refractivity contribution >= 4 is 12.1 Å². The van der Waals surface area contributed by atoms with Crippen LogP contribution >= 0.6 is 0 Å². The maximum Gasteiger partial charge on any atom is 0.410 e. The van der Waals surface area contributed by atoms with Gasteiger partial charge in [0.05, 0.1) is 12.5 Å². The number of hydrogen-bond acceptors (Lipinski definition) is 5. The number of methoxy groups -OCH3 is 1. The molecule has 124 valence electrons. The standard InChI is InChI=1S/C16H26N2O4/c1-15(2,3)22-14(20)18-7-10-5-16(13(19)21-4)9-17-6-12(16)11(10)8-18/h10-12,17H,5-9H2,1-4H3/t10-,11+,12-,16+/m1/s1. The maximum absolute atomic E-state index is 12.3. The molecule has 0 aromatic carbocycles. The van der Waals surface area contributed by atoms with E-state index in [9.17, 15) is 9.59 Å². The van der Waals surface area contributed by atoms with Crippen LogP contribution in [-0.4, -0.2) is 55.9 Å². The highest BCUT2D eigenvalue weighted by molar-refractivity contribution is 5.79. The van der Waals surface area contributed by atoms with Crippen LogP contribution in [0.25, 0.3) is 0 Å². The van der Waals surface area contributed by atoms with E-state index in [-0.39, 0.29) is 23.4 Å². The van der Waals surface area contributed by atoms with Crippen LogP contribution < -0.4 is 5.32 Å². The third-order valence-corrected chi connectivity index (χ3v) is 5.39. The lowest BCUT2D eigenvalue weighted by Gasteiger charge is -2.29. The normalized spacial score (nSPS) is 36.9. The van der Waals surface area contributed by atoms with Crippen molar-refractivity contribution < 1.29 is 19.1 Å². The van der Waals surface area contributed by atoms with Crippen LogP contribution in [0.5, 0.6) is 0 Å². The number of fused-ring (bicyclic) bond motifs is 3. The first kappa shape index (κ1) is 15.6. The van der Waals surface area contributed by atoms with Crippen molar-refractivity contribution in [1.29, 1.82) is 0 Å². The van der Waals surface area contributed by atoms with Crippen molar-refractivity contribution in [3.05, 3.63) is 0 Å². The van der Waals surface area contributed by atoms with E-state index in [0.717, 1.165) is 13.0 Å². The minimum absolute atomic E-state index is 0.0966. The third-order valence-electron chi connectivity index (χ3n) is 5.39. The summed E-state index contributed by atoms with van der Waals surface area (Å²) in [5.74, 6) is 0.901. The molecule has 1 amide bonds. The summed E-state index contributed by atoms with van der Waals surface area (Å²) < 4.78 is 10.5. The van der Waals surface area contributed by atoms with E-state index in [1.807, 2.05) is 20.8 Å². The van der Waals surface area contributed by atoms with Gasteiger partial charge in [0, 0.05) is 19.6 Å². The molecule has 4 atom stereocenters. The summed E-state index contributed by atoms with van der Waals surface area (Å²) in [6.07, 6.45) is 0.568. The number of carbonyl (C=O) groups excluding carboxylic acids is 2. The Morgan fingerprint density at radius 3 is 2.64 bits per heavy atom. The molecule has 1 saturated carbocycles. The van der Waals surface area contributed by atoms with Crippen LogP contribution in [0.1, 0.15) is 27.2 Å². The Hall–Kier alpha value is -1.30. The molecule has 6 heteroatoms. The van der Waals surface area contributed by atoms with Crippen LogP contribution in [0, 0.1) is 23.2 Å². The zero-order valence-corrected chi connectivity index (χ0v) is 13.8. The molecule has 22 heavy (non-hydrogen) atoms. The van der Waals surface area contributed by atoms with Gasteiger partial charge in [-0.2, -0.15) is 0 Å². The average molecular weight is 310 g/mol. The van der Waals surface area contributed by atoms with Crippen molar-refractivity contribution in [3.63, 3.8) is 0 Å². The first-order valence-corrected chi connectivity index (χ1v) is 8.04. The molecule has 3 rings (SSSR count). The average Bonchev–Trinajstić information content (AvgIpc) is 3.04. The molecule has 0 aromatic heterocycles. The van der Waals surface area contributed by atoms with E-state index in [4.69, 9.17) is 9.47 Å². The van der Waals surface area contributed by atoms with Gasteiger partial charge in [-0.05, 0) is 51.5 Å². The van der Waals surface area contributed by atoms with E-state index in [1.54, 1.807) is 4.90 Å². The van der Waals surface area contributed by atoms with Crippen molar-refractivity contribution in [2.75, 3.05) is 33.3 Å². The predicted molar refractivity (Wildman–Crippen MR) is 80.2 cm³/mol. The van der Waals surface area contributed by atoms with E-state index in [2.05, 4.69) is 5.32 Å². The lowest BCUT2D eigenvalue weighted by Crippen LogP contribution is -2.41. The fourth-order valence-electron chi connectivity index (χ4n) is 4.58. The largest absolute Gasteiger partial charge is 0.469 e. The third kappa shape index (κ3) is 2.37. The molecule has 3 aliphatic rings. The summed E-state index contributed by atoms with van der Waals surface area (Å²) in [7, 11) is 1.47. The zero-order chi connectivity index (χ0) is 16.1. The molecule has 6 nitrogen and oxygen atoms in total. The highest BCUT2D eigenvalue weighted by Crippen LogP contribution is 2.55. The van der Waals surface area contributed by atoms with Gasteiger partial charge in [0.15, 0.2) is 0 Å².